The van der Waals surface area contributed by atoms with E-state index >= 15 is 0 Å². The lowest BCUT2D eigenvalue weighted by Crippen LogP contribution is -2.47. The first-order chi connectivity index (χ1) is 17.3. The number of nitrogens with zero attached hydrogens (tertiary/aromatic N) is 6. The van der Waals surface area contributed by atoms with E-state index in [1.54, 1.807) is 18.6 Å². The first kappa shape index (κ1) is 23.2. The van der Waals surface area contributed by atoms with Crippen LogP contribution in [0.3, 0.4) is 0 Å². The van der Waals surface area contributed by atoms with E-state index in [9.17, 15) is 4.79 Å². The Labute approximate surface area is 207 Å². The van der Waals surface area contributed by atoms with Crippen molar-refractivity contribution in [1.82, 2.24) is 19.9 Å². The fraction of sp³-hybridized carbons (Fsp3) is 0.407. The molecule has 1 unspecified atom stereocenters. The number of amides is 1. The minimum Gasteiger partial charge on any atom is -0.367 e. The van der Waals surface area contributed by atoms with Gasteiger partial charge in [-0.3, -0.25) is 19.7 Å². The average molecular weight is 472 g/mol. The molecule has 0 saturated carbocycles. The highest BCUT2D eigenvalue weighted by Crippen LogP contribution is 2.29. The predicted octanol–water partition coefficient (Wildman–Crippen LogP) is 3.09. The standard InChI is InChI=1S/C27H33N7O/c35-27(23-4-3-14-34(21-23)26-20-29-12-13-30-26)31-24-5-1-2-6-25(24)33-18-16-32(17-19-33)15-9-22-7-10-28-11-8-22/h1-2,5-8,10-13,20,23H,3-4,9,14-19,21H2,(H,31,35). The van der Waals surface area contributed by atoms with Gasteiger partial charge in [-0.15, -0.1) is 0 Å². The average Bonchev–Trinajstić information content (AvgIpc) is 2.94. The van der Waals surface area contributed by atoms with E-state index in [0.717, 1.165) is 75.7 Å². The number of carbonyl (C=O) groups excluding carboxylic acids is 1. The van der Waals surface area contributed by atoms with Crippen molar-refractivity contribution < 1.29 is 4.79 Å². The van der Waals surface area contributed by atoms with Gasteiger partial charge in [-0.05, 0) is 49.1 Å². The maximum atomic E-state index is 13.2. The molecule has 8 nitrogen and oxygen atoms in total. The molecule has 0 aliphatic carbocycles. The number of piperazine rings is 1. The molecule has 4 heterocycles. The molecule has 8 heteroatoms. The highest BCUT2D eigenvalue weighted by Gasteiger charge is 2.28. The lowest BCUT2D eigenvalue weighted by Gasteiger charge is -2.37. The van der Waals surface area contributed by atoms with Crippen molar-refractivity contribution in [2.24, 2.45) is 5.92 Å². The highest BCUT2D eigenvalue weighted by atomic mass is 16.1. The van der Waals surface area contributed by atoms with Crippen molar-refractivity contribution >= 4 is 23.1 Å². The van der Waals surface area contributed by atoms with Crippen LogP contribution in [0, 0.1) is 5.92 Å². The molecule has 1 N–H and O–H groups in total. The SMILES string of the molecule is O=C(Nc1ccccc1N1CCN(CCc2ccncc2)CC1)C1CCCN(c2cnccn2)C1. The van der Waals surface area contributed by atoms with Crippen molar-refractivity contribution in [2.75, 3.05) is 60.9 Å². The molecule has 1 atom stereocenters. The van der Waals surface area contributed by atoms with Crippen LogP contribution in [0.5, 0.6) is 0 Å². The fourth-order valence-corrected chi connectivity index (χ4v) is 4.99. The summed E-state index contributed by atoms with van der Waals surface area (Å²) in [6.07, 6.45) is 11.8. The van der Waals surface area contributed by atoms with Crippen LogP contribution >= 0.6 is 0 Å². The van der Waals surface area contributed by atoms with Gasteiger partial charge in [0.1, 0.15) is 5.82 Å². The van der Waals surface area contributed by atoms with Crippen LogP contribution in [0.4, 0.5) is 17.2 Å². The number of benzene rings is 1. The van der Waals surface area contributed by atoms with Crippen LogP contribution < -0.4 is 15.1 Å². The van der Waals surface area contributed by atoms with E-state index in [-0.39, 0.29) is 11.8 Å². The lowest BCUT2D eigenvalue weighted by atomic mass is 9.97. The van der Waals surface area contributed by atoms with Crippen molar-refractivity contribution in [3.63, 3.8) is 0 Å². The van der Waals surface area contributed by atoms with E-state index in [1.807, 2.05) is 24.5 Å². The molecule has 35 heavy (non-hydrogen) atoms. The van der Waals surface area contributed by atoms with Gasteiger partial charge in [-0.1, -0.05) is 12.1 Å². The number of carbonyl (C=O) groups is 1. The third-order valence-electron chi connectivity index (χ3n) is 7.01. The summed E-state index contributed by atoms with van der Waals surface area (Å²) in [6.45, 7) is 6.57. The number of hydrogen-bond acceptors (Lipinski definition) is 7. The Balaban J connectivity index is 1.17. The third-order valence-corrected chi connectivity index (χ3v) is 7.01. The molecular formula is C27H33N7O. The van der Waals surface area contributed by atoms with Crippen molar-refractivity contribution in [3.05, 3.63) is 72.9 Å². The van der Waals surface area contributed by atoms with Crippen LogP contribution in [0.1, 0.15) is 18.4 Å². The van der Waals surface area contributed by atoms with Gasteiger partial charge in [0.2, 0.25) is 5.91 Å². The second kappa shape index (κ2) is 11.3. The zero-order chi connectivity index (χ0) is 23.9. The largest absolute Gasteiger partial charge is 0.367 e. The van der Waals surface area contributed by atoms with Gasteiger partial charge in [0, 0.05) is 70.6 Å². The number of piperidine rings is 1. The molecule has 1 amide bonds. The number of para-hydroxylation sites is 2. The first-order valence-electron chi connectivity index (χ1n) is 12.5. The van der Waals surface area contributed by atoms with Crippen LogP contribution in [0.15, 0.2) is 67.4 Å². The molecule has 0 bridgehead atoms. The summed E-state index contributed by atoms with van der Waals surface area (Å²) in [4.78, 5) is 33.0. The number of aromatic nitrogens is 3. The normalized spacial score (nSPS) is 18.9. The molecule has 2 saturated heterocycles. The number of nitrogens with one attached hydrogen (secondary N) is 1. The Morgan fingerprint density at radius 3 is 2.54 bits per heavy atom. The van der Waals surface area contributed by atoms with Crippen LogP contribution in [-0.2, 0) is 11.2 Å². The summed E-state index contributed by atoms with van der Waals surface area (Å²) < 4.78 is 0. The molecule has 2 aliphatic rings. The third kappa shape index (κ3) is 5.95. The maximum absolute atomic E-state index is 13.2. The van der Waals surface area contributed by atoms with E-state index in [0.29, 0.717) is 6.54 Å². The number of anilines is 3. The summed E-state index contributed by atoms with van der Waals surface area (Å²) in [7, 11) is 0. The van der Waals surface area contributed by atoms with E-state index < -0.39 is 0 Å². The summed E-state index contributed by atoms with van der Waals surface area (Å²) in [5.74, 6) is 0.859. The molecule has 2 fully saturated rings. The second-order valence-electron chi connectivity index (χ2n) is 9.29. The first-order valence-corrected chi connectivity index (χ1v) is 12.5. The van der Waals surface area contributed by atoms with Gasteiger partial charge in [0.15, 0.2) is 0 Å². The van der Waals surface area contributed by atoms with Crippen LogP contribution in [-0.4, -0.2) is 71.6 Å². The van der Waals surface area contributed by atoms with Crippen LogP contribution in [0.2, 0.25) is 0 Å². The number of hydrogen-bond donors (Lipinski definition) is 1. The summed E-state index contributed by atoms with van der Waals surface area (Å²) >= 11 is 0. The summed E-state index contributed by atoms with van der Waals surface area (Å²) in [6, 6.07) is 12.4. The van der Waals surface area contributed by atoms with Crippen molar-refractivity contribution in [3.8, 4) is 0 Å². The van der Waals surface area contributed by atoms with E-state index in [4.69, 9.17) is 0 Å². The van der Waals surface area contributed by atoms with E-state index in [1.165, 1.54) is 5.56 Å². The molecule has 2 aromatic heterocycles. The minimum atomic E-state index is -0.0659. The molecular weight excluding hydrogens is 438 g/mol. The Kier molecular flexibility index (Phi) is 7.48. The zero-order valence-corrected chi connectivity index (χ0v) is 20.1. The summed E-state index contributed by atoms with van der Waals surface area (Å²) in [5, 5.41) is 3.24. The molecule has 2 aliphatic heterocycles. The molecule has 0 radical (unpaired) electrons. The second-order valence-corrected chi connectivity index (χ2v) is 9.29. The monoisotopic (exact) mass is 471 g/mol. The molecule has 1 aromatic carbocycles. The van der Waals surface area contributed by atoms with Crippen molar-refractivity contribution in [2.45, 2.75) is 19.3 Å². The highest BCUT2D eigenvalue weighted by molar-refractivity contribution is 5.96. The molecule has 0 spiro atoms. The zero-order valence-electron chi connectivity index (χ0n) is 20.1. The predicted molar refractivity (Wildman–Crippen MR) is 139 cm³/mol. The van der Waals surface area contributed by atoms with Gasteiger partial charge in [-0.25, -0.2) is 4.98 Å². The Bertz CT molecular complexity index is 1090. The topological polar surface area (TPSA) is 77.5 Å². The smallest absolute Gasteiger partial charge is 0.229 e. The van der Waals surface area contributed by atoms with Crippen molar-refractivity contribution in [1.29, 1.82) is 0 Å². The van der Waals surface area contributed by atoms with Gasteiger partial charge in [0.25, 0.3) is 0 Å². The quantitative estimate of drug-likeness (QED) is 0.567. The van der Waals surface area contributed by atoms with Gasteiger partial charge in [0.05, 0.1) is 23.5 Å². The van der Waals surface area contributed by atoms with Gasteiger partial charge < -0.3 is 15.1 Å². The Morgan fingerprint density at radius 2 is 1.74 bits per heavy atom. The van der Waals surface area contributed by atoms with Crippen LogP contribution in [0.25, 0.3) is 0 Å². The van der Waals surface area contributed by atoms with E-state index in [2.05, 4.69) is 59.2 Å². The Morgan fingerprint density at radius 1 is 0.914 bits per heavy atom. The number of rotatable bonds is 7. The van der Waals surface area contributed by atoms with Gasteiger partial charge >= 0.3 is 0 Å². The molecule has 3 aromatic rings. The Hall–Kier alpha value is -3.52. The lowest BCUT2D eigenvalue weighted by molar-refractivity contribution is -0.120. The maximum Gasteiger partial charge on any atom is 0.229 e. The fourth-order valence-electron chi connectivity index (χ4n) is 4.99. The van der Waals surface area contributed by atoms with Gasteiger partial charge in [-0.2, -0.15) is 0 Å². The molecule has 5 rings (SSSR count). The summed E-state index contributed by atoms with van der Waals surface area (Å²) in [5.41, 5.74) is 3.34. The molecule has 182 valence electrons. The minimum absolute atomic E-state index is 0.0659. The number of pyridine rings is 1.